The maximum absolute atomic E-state index is 12.4. The summed E-state index contributed by atoms with van der Waals surface area (Å²) in [5.41, 5.74) is 0.853. The minimum Gasteiger partial charge on any atom is -0.493 e. The number of rotatable bonds is 23. The van der Waals surface area contributed by atoms with E-state index in [9.17, 15) is 28.8 Å². The summed E-state index contributed by atoms with van der Waals surface area (Å²) in [6.45, 7) is 23.8. The predicted molar refractivity (Wildman–Crippen MR) is 328 cm³/mol. The van der Waals surface area contributed by atoms with Gasteiger partial charge in [0.05, 0.1) is 24.7 Å². The molecule has 0 spiro atoms. The van der Waals surface area contributed by atoms with E-state index in [1.54, 1.807) is 172 Å². The number of ether oxygens (including phenoxy) is 6. The third-order valence-electron chi connectivity index (χ3n) is 12.1. The first kappa shape index (κ1) is 70.7. The molecule has 0 atom stereocenters. The Balaban J connectivity index is 0.000000299. The smallest absolute Gasteiger partial charge is 0.350 e. The molecule has 0 saturated carbocycles. The van der Waals surface area contributed by atoms with E-state index in [1.807, 2.05) is 38.1 Å². The summed E-state index contributed by atoms with van der Waals surface area (Å²) >= 11 is 17.4. The van der Waals surface area contributed by atoms with E-state index in [-0.39, 0.29) is 23.8 Å². The molecule has 452 valence electrons. The van der Waals surface area contributed by atoms with Gasteiger partial charge in [-0.15, -0.1) is 0 Å². The number of aryl methyl sites for hydroxylation is 2. The van der Waals surface area contributed by atoms with Crippen LogP contribution in [0.15, 0.2) is 140 Å². The Labute approximate surface area is 508 Å². The maximum atomic E-state index is 12.4. The summed E-state index contributed by atoms with van der Waals surface area (Å²) in [6.07, 6.45) is 1.80. The van der Waals surface area contributed by atoms with Crippen molar-refractivity contribution in [2.75, 3.05) is 19.8 Å². The second kappa shape index (κ2) is 33.0. The lowest BCUT2D eigenvalue weighted by Crippen LogP contribution is -2.40. The molecule has 18 heteroatoms. The van der Waals surface area contributed by atoms with E-state index in [4.69, 9.17) is 73.4 Å². The molecule has 6 rings (SSSR count). The summed E-state index contributed by atoms with van der Waals surface area (Å²) in [5, 5.41) is 22.7. The number of carboxylic acid groups (broad SMARTS) is 2. The van der Waals surface area contributed by atoms with Gasteiger partial charge in [-0.05, 0) is 241 Å². The van der Waals surface area contributed by atoms with E-state index in [0.717, 1.165) is 23.3 Å². The van der Waals surface area contributed by atoms with Gasteiger partial charge in [-0.2, -0.15) is 0 Å². The van der Waals surface area contributed by atoms with Gasteiger partial charge >= 0.3 is 23.9 Å². The fraction of sp³-hybridized carbons (Fsp3) is 0.364. The van der Waals surface area contributed by atoms with Crippen LogP contribution in [0.3, 0.4) is 0 Å². The van der Waals surface area contributed by atoms with Crippen molar-refractivity contribution in [2.45, 2.75) is 132 Å². The van der Waals surface area contributed by atoms with Gasteiger partial charge in [0, 0.05) is 38.3 Å². The van der Waals surface area contributed by atoms with Crippen molar-refractivity contribution in [3.63, 3.8) is 0 Å². The van der Waals surface area contributed by atoms with E-state index >= 15 is 0 Å². The zero-order valence-electron chi connectivity index (χ0n) is 50.0. The molecule has 6 aromatic rings. The number of halogens is 3. The van der Waals surface area contributed by atoms with Crippen molar-refractivity contribution in [3.05, 3.63) is 188 Å². The highest BCUT2D eigenvalue weighted by Crippen LogP contribution is 2.27. The van der Waals surface area contributed by atoms with Gasteiger partial charge in [0.15, 0.2) is 22.6 Å². The molecule has 0 aliphatic carbocycles. The molecule has 6 aromatic carbocycles. The van der Waals surface area contributed by atoms with Gasteiger partial charge in [0.2, 0.25) is 0 Å². The highest BCUT2D eigenvalue weighted by atomic mass is 35.5. The van der Waals surface area contributed by atoms with Crippen LogP contribution < -0.4 is 24.3 Å². The fourth-order valence-corrected chi connectivity index (χ4v) is 7.41. The maximum Gasteiger partial charge on any atom is 0.350 e. The molecule has 0 bridgehead atoms. The highest BCUT2D eigenvalue weighted by Gasteiger charge is 2.34. The number of carboxylic acids is 2. The molecule has 15 nitrogen and oxygen atoms in total. The Kier molecular flexibility index (Phi) is 27.8. The molecule has 0 heterocycles. The van der Waals surface area contributed by atoms with E-state index in [1.165, 1.54) is 19.4 Å². The zero-order valence-corrected chi connectivity index (χ0v) is 52.3. The first-order chi connectivity index (χ1) is 39.2. The van der Waals surface area contributed by atoms with Crippen molar-refractivity contribution in [1.82, 2.24) is 5.32 Å². The first-order valence-corrected chi connectivity index (χ1v) is 28.3. The van der Waals surface area contributed by atoms with Gasteiger partial charge < -0.3 is 44.0 Å². The van der Waals surface area contributed by atoms with Crippen molar-refractivity contribution < 1.29 is 67.4 Å². The van der Waals surface area contributed by atoms with Crippen molar-refractivity contribution in [3.8, 4) is 23.0 Å². The summed E-state index contributed by atoms with van der Waals surface area (Å²) in [5.74, 6) is -0.420. The quantitative estimate of drug-likeness (QED) is 0.0310. The van der Waals surface area contributed by atoms with Crippen molar-refractivity contribution in [2.24, 2.45) is 5.41 Å². The molecule has 0 unspecified atom stereocenters. The average Bonchev–Trinajstić information content (AvgIpc) is 3.65. The number of benzene rings is 6. The minimum atomic E-state index is -1.28. The topological polar surface area (TPSA) is 210 Å². The normalized spacial score (nSPS) is 11.2. The number of nitrogens with one attached hydrogen (secondary N) is 1. The molecule has 1 amide bonds. The molecule has 84 heavy (non-hydrogen) atoms. The number of carbonyl (C=O) groups is 6. The zero-order chi connectivity index (χ0) is 63.0. The third kappa shape index (κ3) is 24.7. The van der Waals surface area contributed by atoms with Gasteiger partial charge in [-0.1, -0.05) is 59.1 Å². The SMILES string of the molecule is CC(C)(Oc1ccc(CCNC(=O)c2ccc(Cl)cc2)cc1)C(=O)O.CC(C)OC(=O)C(C)(C)Oc1ccc(C(=O)c2ccc(Cl)cc2)cc1.CCOC(=O)C(C)(C)Oc1ccc(Cl)cc1.Cc1ccc(C)c(OCCCC(C)(C)C(=O)O)c1. The predicted octanol–water partition coefficient (Wildman–Crippen LogP) is 14.9. The van der Waals surface area contributed by atoms with Gasteiger partial charge in [-0.25, -0.2) is 14.4 Å². The lowest BCUT2D eigenvalue weighted by atomic mass is 9.88. The monoisotopic (exact) mass is 1210 g/mol. The second-order valence-electron chi connectivity index (χ2n) is 21.7. The van der Waals surface area contributed by atoms with Crippen LogP contribution in [0.25, 0.3) is 0 Å². The Bertz CT molecular complexity index is 3080. The molecule has 3 N–H and O–H groups in total. The van der Waals surface area contributed by atoms with Crippen LogP contribution >= 0.6 is 34.8 Å². The van der Waals surface area contributed by atoms with E-state index < -0.39 is 40.1 Å². The van der Waals surface area contributed by atoms with Crippen molar-refractivity contribution >= 4 is 70.4 Å². The minimum absolute atomic E-state index is 0.110. The highest BCUT2D eigenvalue weighted by molar-refractivity contribution is 6.31. The molecule has 0 radical (unpaired) electrons. The van der Waals surface area contributed by atoms with Gasteiger partial charge in [-0.3, -0.25) is 14.4 Å². The summed E-state index contributed by atoms with van der Waals surface area (Å²) < 4.78 is 32.5. The lowest BCUT2D eigenvalue weighted by Gasteiger charge is -2.25. The number of ketones is 1. The molecule has 0 fully saturated rings. The fourth-order valence-electron chi connectivity index (χ4n) is 7.03. The molecular formula is C66H78Cl3NO14. The van der Waals surface area contributed by atoms with Crippen LogP contribution in [0.4, 0.5) is 0 Å². The van der Waals surface area contributed by atoms with Gasteiger partial charge in [0.1, 0.15) is 23.0 Å². The molecule has 0 saturated heterocycles. The van der Waals surface area contributed by atoms with Crippen LogP contribution in [0, 0.1) is 19.3 Å². The molecule has 0 aromatic heterocycles. The third-order valence-corrected chi connectivity index (χ3v) is 12.9. The Hall–Kier alpha value is -7.59. The average molecular weight is 1220 g/mol. The first-order valence-electron chi connectivity index (χ1n) is 27.2. The van der Waals surface area contributed by atoms with Crippen molar-refractivity contribution in [1.29, 1.82) is 0 Å². The second-order valence-corrected chi connectivity index (χ2v) is 23.0. The number of hydrogen-bond acceptors (Lipinski definition) is 12. The lowest BCUT2D eigenvalue weighted by molar-refractivity contribution is -0.163. The van der Waals surface area contributed by atoms with Crippen LogP contribution in [-0.2, 0) is 35.1 Å². The van der Waals surface area contributed by atoms with Crippen LogP contribution in [0.5, 0.6) is 23.0 Å². The largest absolute Gasteiger partial charge is 0.493 e. The standard InChI is InChI=1S/C20H21ClO4.C19H20ClNO4.C15H22O3.C12H15ClO3/c1-13(2)24-19(23)20(3,4)25-17-11-7-15(8-12-17)18(22)14-5-9-16(21)10-6-14;1-19(2,18(23)24)25-16-9-3-13(4-10-16)11-12-21-17(22)14-5-7-15(20)8-6-14;1-11-6-7-12(2)13(10-11)18-9-5-8-15(3,4)14(16)17;1-4-15-11(14)12(2,3)16-10-7-5-9(13)6-8-10/h5-13H,1-4H3;3-10H,11-12H2,1-2H3,(H,21,22)(H,23,24);6-7,10H,5,8-9H2,1-4H3,(H,16,17);5-8H,4H2,1-3H3. The van der Waals surface area contributed by atoms with Gasteiger partial charge in [0.25, 0.3) is 5.91 Å². The summed E-state index contributed by atoms with van der Waals surface area (Å²) in [4.78, 5) is 70.0. The Morgan fingerprint density at radius 3 is 1.44 bits per heavy atom. The Morgan fingerprint density at radius 1 is 0.548 bits per heavy atom. The number of carbonyl (C=O) groups excluding carboxylic acids is 4. The summed E-state index contributed by atoms with van der Waals surface area (Å²) in [6, 6.07) is 40.1. The number of hydrogen-bond donors (Lipinski definition) is 3. The summed E-state index contributed by atoms with van der Waals surface area (Å²) in [7, 11) is 0. The number of amides is 1. The number of aliphatic carboxylic acids is 2. The molecular weight excluding hydrogens is 1140 g/mol. The molecule has 0 aliphatic heterocycles. The van der Waals surface area contributed by atoms with Crippen LogP contribution in [0.2, 0.25) is 15.1 Å². The Morgan fingerprint density at radius 2 is 0.976 bits per heavy atom. The van der Waals surface area contributed by atoms with Crippen LogP contribution in [0.1, 0.15) is 132 Å². The molecule has 0 aliphatic rings. The van der Waals surface area contributed by atoms with E-state index in [0.29, 0.717) is 81.6 Å². The van der Waals surface area contributed by atoms with E-state index in [2.05, 4.69) is 11.4 Å². The number of esters is 2. The van der Waals surface area contributed by atoms with Crippen LogP contribution in [-0.4, -0.2) is 88.4 Å².